The van der Waals surface area contributed by atoms with Crippen LogP contribution in [0.1, 0.15) is 15.9 Å². The Morgan fingerprint density at radius 1 is 1.15 bits per heavy atom. The summed E-state index contributed by atoms with van der Waals surface area (Å²) in [7, 11) is 0. The number of rotatable bonds is 5. The number of halogens is 4. The maximum atomic E-state index is 12.5. The van der Waals surface area contributed by atoms with Crippen LogP contribution < -0.4 is 5.32 Å². The number of nitrogens with zero attached hydrogens (tertiary/aromatic N) is 1. The number of hydrogen-bond donors (Lipinski definition) is 1. The van der Waals surface area contributed by atoms with E-state index >= 15 is 0 Å². The molecule has 7 nitrogen and oxygen atoms in total. The van der Waals surface area contributed by atoms with Crippen molar-refractivity contribution in [2.24, 2.45) is 0 Å². The first-order valence-corrected chi connectivity index (χ1v) is 7.54. The largest absolute Gasteiger partial charge is 0.452 e. The molecule has 2 aromatic carbocycles. The quantitative estimate of drug-likeness (QED) is 0.462. The number of ether oxygens (including phenoxy) is 1. The average Bonchev–Trinajstić information content (AvgIpc) is 2.59. The van der Waals surface area contributed by atoms with E-state index in [0.717, 1.165) is 24.3 Å². The molecule has 2 rings (SSSR count). The molecule has 0 aromatic heterocycles. The van der Waals surface area contributed by atoms with Gasteiger partial charge in [-0.1, -0.05) is 11.6 Å². The van der Waals surface area contributed by atoms with Gasteiger partial charge in [-0.05, 0) is 36.4 Å². The van der Waals surface area contributed by atoms with Gasteiger partial charge in [-0.3, -0.25) is 14.9 Å². The highest BCUT2D eigenvalue weighted by Crippen LogP contribution is 2.29. The van der Waals surface area contributed by atoms with Gasteiger partial charge in [0.1, 0.15) is 5.69 Å². The molecule has 2 aromatic rings. The van der Waals surface area contributed by atoms with Gasteiger partial charge in [0.15, 0.2) is 6.61 Å². The van der Waals surface area contributed by atoms with Crippen molar-refractivity contribution in [3.8, 4) is 0 Å². The second-order valence-corrected chi connectivity index (χ2v) is 5.55. The molecule has 142 valence electrons. The summed E-state index contributed by atoms with van der Waals surface area (Å²) in [4.78, 5) is 33.8. The topological polar surface area (TPSA) is 98.5 Å². The zero-order valence-corrected chi connectivity index (χ0v) is 14.0. The first-order valence-electron chi connectivity index (χ1n) is 7.16. The van der Waals surface area contributed by atoms with Crippen molar-refractivity contribution in [3.05, 3.63) is 68.7 Å². The maximum Gasteiger partial charge on any atom is 0.416 e. The van der Waals surface area contributed by atoms with Crippen molar-refractivity contribution >= 4 is 34.9 Å². The van der Waals surface area contributed by atoms with Gasteiger partial charge in [0.2, 0.25) is 0 Å². The van der Waals surface area contributed by atoms with Gasteiger partial charge in [-0.2, -0.15) is 13.2 Å². The molecular formula is C16H10ClF3N2O5. The molecule has 11 heteroatoms. The van der Waals surface area contributed by atoms with Crippen molar-refractivity contribution in [3.63, 3.8) is 0 Å². The number of alkyl halides is 3. The SMILES string of the molecule is O=C(COC(=O)c1ccc(C(F)(F)F)cc1)Nc1cc(Cl)ccc1[N+](=O)[O-]. The number of carbonyl (C=O) groups is 2. The molecule has 0 heterocycles. The summed E-state index contributed by atoms with van der Waals surface area (Å²) in [6, 6.07) is 6.72. The molecule has 0 bridgehead atoms. The lowest BCUT2D eigenvalue weighted by Gasteiger charge is -2.09. The van der Waals surface area contributed by atoms with E-state index in [4.69, 9.17) is 11.6 Å². The molecule has 0 aliphatic carbocycles. The second kappa shape index (κ2) is 8.04. The summed E-state index contributed by atoms with van der Waals surface area (Å²) in [5, 5.41) is 13.2. The summed E-state index contributed by atoms with van der Waals surface area (Å²) < 4.78 is 42.1. The minimum atomic E-state index is -4.55. The number of hydrogen-bond acceptors (Lipinski definition) is 5. The summed E-state index contributed by atoms with van der Waals surface area (Å²) in [5.74, 6) is -1.92. The Kier molecular flexibility index (Phi) is 6.01. The fourth-order valence-electron chi connectivity index (χ4n) is 1.96. The van der Waals surface area contributed by atoms with Crippen molar-refractivity contribution in [1.82, 2.24) is 0 Å². The van der Waals surface area contributed by atoms with Crippen molar-refractivity contribution in [1.29, 1.82) is 0 Å². The number of nitro groups is 1. The van der Waals surface area contributed by atoms with Crippen LogP contribution in [0.3, 0.4) is 0 Å². The van der Waals surface area contributed by atoms with Crippen molar-refractivity contribution < 1.29 is 32.4 Å². The van der Waals surface area contributed by atoms with E-state index in [1.807, 2.05) is 0 Å². The number of anilines is 1. The normalized spacial score (nSPS) is 11.0. The molecule has 0 aliphatic heterocycles. The zero-order chi connectivity index (χ0) is 20.2. The molecule has 1 amide bonds. The number of benzene rings is 2. The van der Waals surface area contributed by atoms with Crippen LogP contribution in [0, 0.1) is 10.1 Å². The predicted octanol–water partition coefficient (Wildman–Crippen LogP) is 4.06. The standard InChI is InChI=1S/C16H10ClF3N2O5/c17-11-5-6-13(22(25)26)12(7-11)21-14(23)8-27-15(24)9-1-3-10(4-2-9)16(18,19)20/h1-7H,8H2,(H,21,23). The van der Waals surface area contributed by atoms with E-state index in [0.29, 0.717) is 12.1 Å². The fourth-order valence-corrected chi connectivity index (χ4v) is 2.14. The fraction of sp³-hybridized carbons (Fsp3) is 0.125. The summed E-state index contributed by atoms with van der Waals surface area (Å²) in [6.07, 6.45) is -4.55. The average molecular weight is 403 g/mol. The lowest BCUT2D eigenvalue weighted by atomic mass is 10.1. The first-order chi connectivity index (χ1) is 12.6. The van der Waals surface area contributed by atoms with Crippen LogP contribution in [-0.4, -0.2) is 23.4 Å². The monoisotopic (exact) mass is 402 g/mol. The summed E-state index contributed by atoms with van der Waals surface area (Å²) in [5.41, 5.74) is -1.74. The molecular weight excluding hydrogens is 393 g/mol. The smallest absolute Gasteiger partial charge is 0.416 e. The Labute approximate surface area is 154 Å². The molecule has 0 unspecified atom stereocenters. The van der Waals surface area contributed by atoms with Gasteiger partial charge < -0.3 is 10.1 Å². The van der Waals surface area contributed by atoms with E-state index in [-0.39, 0.29) is 16.3 Å². The number of esters is 1. The number of nitro benzene ring substituents is 1. The van der Waals surface area contributed by atoms with Crippen molar-refractivity contribution in [2.45, 2.75) is 6.18 Å². The highest BCUT2D eigenvalue weighted by atomic mass is 35.5. The highest BCUT2D eigenvalue weighted by Gasteiger charge is 2.30. The maximum absolute atomic E-state index is 12.5. The Bertz CT molecular complexity index is 885. The van der Waals surface area contributed by atoms with Gasteiger partial charge >= 0.3 is 12.1 Å². The Morgan fingerprint density at radius 3 is 2.33 bits per heavy atom. The van der Waals surface area contributed by atoms with Crippen LogP contribution in [0.2, 0.25) is 5.02 Å². The lowest BCUT2D eigenvalue weighted by molar-refractivity contribution is -0.383. The number of carbonyl (C=O) groups excluding carboxylic acids is 2. The zero-order valence-electron chi connectivity index (χ0n) is 13.2. The van der Waals surface area contributed by atoms with E-state index in [1.54, 1.807) is 0 Å². The molecule has 27 heavy (non-hydrogen) atoms. The minimum absolute atomic E-state index is 0.137. The van der Waals surface area contributed by atoms with Gasteiger partial charge in [-0.15, -0.1) is 0 Å². The number of nitrogens with one attached hydrogen (secondary N) is 1. The Balaban J connectivity index is 1.99. The lowest BCUT2D eigenvalue weighted by Crippen LogP contribution is -2.21. The molecule has 0 aliphatic rings. The van der Waals surface area contributed by atoms with Crippen LogP contribution >= 0.6 is 11.6 Å². The van der Waals surface area contributed by atoms with Crippen molar-refractivity contribution in [2.75, 3.05) is 11.9 Å². The molecule has 0 spiro atoms. The van der Waals surface area contributed by atoms with Crippen LogP contribution in [0.15, 0.2) is 42.5 Å². The molecule has 0 radical (unpaired) electrons. The van der Waals surface area contributed by atoms with E-state index in [1.165, 1.54) is 6.07 Å². The van der Waals surface area contributed by atoms with Gasteiger partial charge in [-0.25, -0.2) is 4.79 Å². The molecule has 0 fully saturated rings. The van der Waals surface area contributed by atoms with E-state index in [9.17, 15) is 32.9 Å². The minimum Gasteiger partial charge on any atom is -0.452 e. The third-order valence-electron chi connectivity index (χ3n) is 3.21. The third kappa shape index (κ3) is 5.42. The summed E-state index contributed by atoms with van der Waals surface area (Å²) in [6.45, 7) is -0.802. The van der Waals surface area contributed by atoms with E-state index < -0.39 is 40.8 Å². The molecule has 0 saturated heterocycles. The summed E-state index contributed by atoms with van der Waals surface area (Å²) >= 11 is 5.72. The van der Waals surface area contributed by atoms with Gasteiger partial charge in [0.25, 0.3) is 11.6 Å². The second-order valence-electron chi connectivity index (χ2n) is 5.12. The van der Waals surface area contributed by atoms with Crippen LogP contribution in [0.25, 0.3) is 0 Å². The van der Waals surface area contributed by atoms with E-state index in [2.05, 4.69) is 10.1 Å². The molecule has 0 saturated carbocycles. The predicted molar refractivity (Wildman–Crippen MR) is 88.5 cm³/mol. The highest BCUT2D eigenvalue weighted by molar-refractivity contribution is 6.31. The first kappa shape index (κ1) is 20.2. The van der Waals surface area contributed by atoms with Crippen LogP contribution in [-0.2, 0) is 15.7 Å². The Hall–Kier alpha value is -3.14. The van der Waals surface area contributed by atoms with Gasteiger partial charge in [0.05, 0.1) is 16.1 Å². The molecule has 0 atom stereocenters. The Morgan fingerprint density at radius 2 is 1.78 bits per heavy atom. The molecule has 1 N–H and O–H groups in total. The third-order valence-corrected chi connectivity index (χ3v) is 3.45. The van der Waals surface area contributed by atoms with Crippen LogP contribution in [0.4, 0.5) is 24.5 Å². The van der Waals surface area contributed by atoms with Crippen LogP contribution in [0.5, 0.6) is 0 Å². The number of amides is 1. The van der Waals surface area contributed by atoms with Gasteiger partial charge in [0, 0.05) is 11.1 Å².